The second-order valence-corrected chi connectivity index (χ2v) is 8.24. The molecular formula is C18H20N2O3S2. The number of sulfonamides is 1. The summed E-state index contributed by atoms with van der Waals surface area (Å²) < 4.78 is 34.2. The summed E-state index contributed by atoms with van der Waals surface area (Å²) >= 11 is 1.42. The molecule has 3 rings (SSSR count). The Balaban J connectivity index is 1.68. The molecule has 25 heavy (non-hydrogen) atoms. The van der Waals surface area contributed by atoms with Crippen molar-refractivity contribution in [1.29, 1.82) is 0 Å². The smallest absolute Gasteiger partial charge is 0.261 e. The molecule has 0 aliphatic rings. The van der Waals surface area contributed by atoms with Crippen LogP contribution in [0.1, 0.15) is 26.2 Å². The summed E-state index contributed by atoms with van der Waals surface area (Å²) in [6, 6.07) is 11.9. The monoisotopic (exact) mass is 376 g/mol. The molecule has 0 atom stereocenters. The first kappa shape index (κ1) is 17.7. The van der Waals surface area contributed by atoms with Crippen LogP contribution in [-0.4, -0.2) is 20.0 Å². The van der Waals surface area contributed by atoms with E-state index >= 15 is 0 Å². The SMILES string of the molecule is CCCCCOc1ccc(NS(=O)(=O)c2ccc3ncsc3c2)cc1. The highest BCUT2D eigenvalue weighted by atomic mass is 32.2. The van der Waals surface area contributed by atoms with Crippen LogP contribution in [0.2, 0.25) is 0 Å². The standard InChI is InChI=1S/C18H20N2O3S2/c1-2-3-4-11-23-15-7-5-14(6-8-15)20-25(21,22)16-9-10-17-18(12-16)24-13-19-17/h5-10,12-13,20H,2-4,11H2,1H3. The van der Waals surface area contributed by atoms with Crippen LogP contribution in [0.3, 0.4) is 0 Å². The Labute approximate surface area is 151 Å². The van der Waals surface area contributed by atoms with E-state index in [2.05, 4.69) is 16.6 Å². The van der Waals surface area contributed by atoms with E-state index in [1.165, 1.54) is 11.3 Å². The molecule has 0 bridgehead atoms. The molecule has 2 aromatic carbocycles. The van der Waals surface area contributed by atoms with Crippen molar-refractivity contribution in [3.8, 4) is 5.75 Å². The van der Waals surface area contributed by atoms with Gasteiger partial charge < -0.3 is 4.74 Å². The number of hydrogen-bond acceptors (Lipinski definition) is 5. The highest BCUT2D eigenvalue weighted by Crippen LogP contribution is 2.24. The van der Waals surface area contributed by atoms with Gasteiger partial charge in [-0.3, -0.25) is 4.72 Å². The van der Waals surface area contributed by atoms with Gasteiger partial charge in [-0.2, -0.15) is 0 Å². The number of hydrogen-bond donors (Lipinski definition) is 1. The third-order valence-corrected chi connectivity index (χ3v) is 5.91. The summed E-state index contributed by atoms with van der Waals surface area (Å²) in [7, 11) is -3.63. The number of fused-ring (bicyclic) bond motifs is 1. The lowest BCUT2D eigenvalue weighted by atomic mass is 10.2. The Hall–Kier alpha value is -2.12. The summed E-state index contributed by atoms with van der Waals surface area (Å²) in [5.41, 5.74) is 3.01. The fraction of sp³-hybridized carbons (Fsp3) is 0.278. The minimum absolute atomic E-state index is 0.226. The first-order valence-corrected chi connectivity index (χ1v) is 10.5. The second kappa shape index (κ2) is 7.84. The van der Waals surface area contributed by atoms with Gasteiger partial charge >= 0.3 is 0 Å². The first-order chi connectivity index (χ1) is 12.1. The van der Waals surface area contributed by atoms with E-state index in [1.807, 2.05) is 0 Å². The van der Waals surface area contributed by atoms with Crippen molar-refractivity contribution in [2.75, 3.05) is 11.3 Å². The zero-order valence-corrected chi connectivity index (χ0v) is 15.6. The molecule has 5 nitrogen and oxygen atoms in total. The number of benzene rings is 2. The largest absolute Gasteiger partial charge is 0.494 e. The average Bonchev–Trinajstić information content (AvgIpc) is 3.07. The van der Waals surface area contributed by atoms with Crippen LogP contribution in [0.4, 0.5) is 5.69 Å². The van der Waals surface area contributed by atoms with Crippen LogP contribution in [0, 0.1) is 0 Å². The molecule has 7 heteroatoms. The molecule has 0 aliphatic heterocycles. The molecule has 0 saturated carbocycles. The average molecular weight is 377 g/mol. The lowest BCUT2D eigenvalue weighted by molar-refractivity contribution is 0.306. The Kier molecular flexibility index (Phi) is 5.55. The first-order valence-electron chi connectivity index (χ1n) is 8.17. The van der Waals surface area contributed by atoms with Gasteiger partial charge in [0, 0.05) is 5.69 Å². The van der Waals surface area contributed by atoms with Gasteiger partial charge in [0.05, 0.1) is 27.2 Å². The fourth-order valence-corrected chi connectivity index (χ4v) is 4.25. The van der Waals surface area contributed by atoms with Gasteiger partial charge in [0.1, 0.15) is 5.75 Å². The molecule has 0 amide bonds. The lowest BCUT2D eigenvalue weighted by Crippen LogP contribution is -2.12. The van der Waals surface area contributed by atoms with Gasteiger partial charge in [0.15, 0.2) is 0 Å². The van der Waals surface area contributed by atoms with Crippen LogP contribution >= 0.6 is 11.3 Å². The number of aromatic nitrogens is 1. The van der Waals surface area contributed by atoms with E-state index in [4.69, 9.17) is 4.74 Å². The summed E-state index contributed by atoms with van der Waals surface area (Å²) in [6.45, 7) is 2.82. The minimum atomic E-state index is -3.63. The van der Waals surface area contributed by atoms with Crippen molar-refractivity contribution in [2.45, 2.75) is 31.1 Å². The highest BCUT2D eigenvalue weighted by molar-refractivity contribution is 7.92. The van der Waals surface area contributed by atoms with E-state index < -0.39 is 10.0 Å². The van der Waals surface area contributed by atoms with Crippen LogP contribution in [0.25, 0.3) is 10.2 Å². The van der Waals surface area contributed by atoms with E-state index in [0.717, 1.165) is 35.2 Å². The van der Waals surface area contributed by atoms with E-state index in [0.29, 0.717) is 12.3 Å². The van der Waals surface area contributed by atoms with Crippen molar-refractivity contribution < 1.29 is 13.2 Å². The summed E-state index contributed by atoms with van der Waals surface area (Å²) in [5.74, 6) is 0.741. The van der Waals surface area contributed by atoms with E-state index in [1.54, 1.807) is 48.0 Å². The molecule has 0 radical (unpaired) electrons. The molecule has 1 aromatic heterocycles. The number of anilines is 1. The lowest BCUT2D eigenvalue weighted by Gasteiger charge is -2.10. The topological polar surface area (TPSA) is 68.3 Å². The number of thiazole rings is 1. The summed E-state index contributed by atoms with van der Waals surface area (Å²) in [6.07, 6.45) is 3.31. The number of nitrogens with zero attached hydrogens (tertiary/aromatic N) is 1. The van der Waals surface area contributed by atoms with Crippen LogP contribution in [0.5, 0.6) is 5.75 Å². The van der Waals surface area contributed by atoms with Crippen LogP contribution in [0.15, 0.2) is 52.9 Å². The van der Waals surface area contributed by atoms with Crippen LogP contribution < -0.4 is 9.46 Å². The molecule has 0 spiro atoms. The normalized spacial score (nSPS) is 11.6. The van der Waals surface area contributed by atoms with Gasteiger partial charge in [-0.15, -0.1) is 11.3 Å². The maximum atomic E-state index is 12.5. The van der Waals surface area contributed by atoms with Gasteiger partial charge in [-0.25, -0.2) is 13.4 Å². The maximum Gasteiger partial charge on any atom is 0.261 e. The number of unbranched alkanes of at least 4 members (excludes halogenated alkanes) is 2. The van der Waals surface area contributed by atoms with Gasteiger partial charge in [-0.1, -0.05) is 19.8 Å². The van der Waals surface area contributed by atoms with Crippen LogP contribution in [-0.2, 0) is 10.0 Å². The molecule has 1 N–H and O–H groups in total. The number of rotatable bonds is 8. The molecule has 0 unspecified atom stereocenters. The zero-order chi connectivity index (χ0) is 17.7. The molecule has 1 heterocycles. The summed E-state index contributed by atoms with van der Waals surface area (Å²) in [5, 5.41) is 0. The molecule has 132 valence electrons. The highest BCUT2D eigenvalue weighted by Gasteiger charge is 2.15. The fourth-order valence-electron chi connectivity index (χ4n) is 2.38. The summed E-state index contributed by atoms with van der Waals surface area (Å²) in [4.78, 5) is 4.39. The Bertz CT molecular complexity index is 934. The minimum Gasteiger partial charge on any atom is -0.494 e. The quantitative estimate of drug-likeness (QED) is 0.580. The predicted molar refractivity (Wildman–Crippen MR) is 102 cm³/mol. The predicted octanol–water partition coefficient (Wildman–Crippen LogP) is 4.67. The molecule has 0 fully saturated rings. The molecular weight excluding hydrogens is 356 g/mol. The Morgan fingerprint density at radius 1 is 1.12 bits per heavy atom. The van der Waals surface area contributed by atoms with Crippen molar-refractivity contribution in [1.82, 2.24) is 4.98 Å². The third kappa shape index (κ3) is 4.49. The molecule has 0 saturated heterocycles. The molecule has 0 aliphatic carbocycles. The van der Waals surface area contributed by atoms with Crippen molar-refractivity contribution >= 4 is 37.3 Å². The van der Waals surface area contributed by atoms with E-state index in [9.17, 15) is 8.42 Å². The maximum absolute atomic E-state index is 12.5. The molecule has 3 aromatic rings. The Morgan fingerprint density at radius 3 is 2.68 bits per heavy atom. The van der Waals surface area contributed by atoms with Crippen molar-refractivity contribution in [3.63, 3.8) is 0 Å². The van der Waals surface area contributed by atoms with Gasteiger partial charge in [0.25, 0.3) is 10.0 Å². The van der Waals surface area contributed by atoms with Crippen molar-refractivity contribution in [2.24, 2.45) is 0 Å². The Morgan fingerprint density at radius 2 is 1.92 bits per heavy atom. The van der Waals surface area contributed by atoms with Crippen molar-refractivity contribution in [3.05, 3.63) is 48.0 Å². The van der Waals surface area contributed by atoms with E-state index in [-0.39, 0.29) is 4.90 Å². The van der Waals surface area contributed by atoms with Gasteiger partial charge in [0.2, 0.25) is 0 Å². The number of ether oxygens (including phenoxy) is 1. The number of nitrogens with one attached hydrogen (secondary N) is 1. The second-order valence-electron chi connectivity index (χ2n) is 5.67. The third-order valence-electron chi connectivity index (χ3n) is 3.74. The zero-order valence-electron chi connectivity index (χ0n) is 13.9. The van der Waals surface area contributed by atoms with Gasteiger partial charge in [-0.05, 0) is 48.9 Å².